The van der Waals surface area contributed by atoms with Crippen LogP contribution in [0, 0.1) is 5.82 Å². The van der Waals surface area contributed by atoms with E-state index in [-0.39, 0.29) is 16.5 Å². The van der Waals surface area contributed by atoms with Crippen LogP contribution in [0.1, 0.15) is 24.1 Å². The predicted octanol–water partition coefficient (Wildman–Crippen LogP) is 5.46. The molecule has 34 heavy (non-hydrogen) atoms. The first-order valence-electron chi connectivity index (χ1n) is 10.6. The number of rotatable bonds is 5. The quantitative estimate of drug-likeness (QED) is 0.236. The van der Waals surface area contributed by atoms with E-state index in [1.54, 1.807) is 48.5 Å². The normalized spacial score (nSPS) is 17.5. The van der Waals surface area contributed by atoms with Crippen molar-refractivity contribution in [1.29, 1.82) is 0 Å². The molecule has 0 radical (unpaired) electrons. The molecule has 0 spiro atoms. The van der Waals surface area contributed by atoms with Crippen LogP contribution in [-0.4, -0.2) is 28.4 Å². The Morgan fingerprint density at radius 1 is 1.09 bits per heavy atom. The number of carbonyl (C=O) groups is 2. The smallest absolute Gasteiger partial charge is 0.301 e. The number of aliphatic hydroxyl groups is 1. The van der Waals surface area contributed by atoms with E-state index in [1.807, 2.05) is 13.0 Å². The van der Waals surface area contributed by atoms with E-state index in [1.165, 1.54) is 23.1 Å². The van der Waals surface area contributed by atoms with Crippen molar-refractivity contribution in [2.75, 3.05) is 11.5 Å². The van der Waals surface area contributed by atoms with Crippen LogP contribution in [-0.2, 0) is 9.59 Å². The second-order valence-corrected chi connectivity index (χ2v) is 8.65. The van der Waals surface area contributed by atoms with Crippen LogP contribution in [0.3, 0.4) is 0 Å². The monoisotopic (exact) mass is 474 g/mol. The molecule has 0 bridgehead atoms. The van der Waals surface area contributed by atoms with Gasteiger partial charge in [0.1, 0.15) is 17.3 Å². The molecule has 1 aliphatic heterocycles. The molecule has 1 atom stereocenters. The number of anilines is 1. The van der Waals surface area contributed by atoms with Gasteiger partial charge in [0.15, 0.2) is 5.13 Å². The van der Waals surface area contributed by atoms with Crippen molar-refractivity contribution >= 4 is 44.1 Å². The van der Waals surface area contributed by atoms with Gasteiger partial charge in [-0.2, -0.15) is 0 Å². The van der Waals surface area contributed by atoms with Gasteiger partial charge in [-0.15, -0.1) is 0 Å². The highest BCUT2D eigenvalue weighted by atomic mass is 32.1. The van der Waals surface area contributed by atoms with Gasteiger partial charge in [0.2, 0.25) is 0 Å². The maximum atomic E-state index is 13.7. The molecule has 1 aliphatic rings. The van der Waals surface area contributed by atoms with Crippen LogP contribution in [0.2, 0.25) is 0 Å². The minimum absolute atomic E-state index is 0.0363. The van der Waals surface area contributed by atoms with Crippen molar-refractivity contribution in [3.63, 3.8) is 0 Å². The molecule has 5 rings (SSSR count). The van der Waals surface area contributed by atoms with E-state index in [2.05, 4.69) is 4.98 Å². The molecule has 6 nitrogen and oxygen atoms in total. The topological polar surface area (TPSA) is 79.7 Å². The molecule has 2 heterocycles. The summed E-state index contributed by atoms with van der Waals surface area (Å²) in [5.41, 5.74) is 1.50. The molecule has 1 aromatic heterocycles. The number of ether oxygens (including phenoxy) is 1. The van der Waals surface area contributed by atoms with Gasteiger partial charge >= 0.3 is 5.91 Å². The van der Waals surface area contributed by atoms with Crippen molar-refractivity contribution in [3.05, 3.63) is 95.3 Å². The summed E-state index contributed by atoms with van der Waals surface area (Å²) in [6, 6.07) is 18.9. The predicted molar refractivity (Wildman–Crippen MR) is 128 cm³/mol. The second kappa shape index (κ2) is 8.72. The molecule has 1 fully saturated rings. The van der Waals surface area contributed by atoms with Crippen molar-refractivity contribution in [2.45, 2.75) is 13.0 Å². The van der Waals surface area contributed by atoms with Crippen molar-refractivity contribution in [3.8, 4) is 5.75 Å². The molecule has 0 unspecified atom stereocenters. The lowest BCUT2D eigenvalue weighted by atomic mass is 9.95. The Bertz CT molecular complexity index is 1430. The van der Waals surface area contributed by atoms with E-state index in [0.717, 1.165) is 11.3 Å². The van der Waals surface area contributed by atoms with Crippen molar-refractivity contribution in [2.24, 2.45) is 0 Å². The molecule has 4 aromatic rings. The molecular weight excluding hydrogens is 455 g/mol. The number of Topliss-reactive ketones (excluding diaryl/α,β-unsaturated/α-hetero) is 1. The number of aliphatic hydroxyl groups excluding tert-OH is 1. The summed E-state index contributed by atoms with van der Waals surface area (Å²) >= 11 is 1.11. The number of amides is 1. The Kier molecular flexibility index (Phi) is 5.59. The number of benzene rings is 3. The maximum absolute atomic E-state index is 13.7. The van der Waals surface area contributed by atoms with Gasteiger partial charge in [-0.25, -0.2) is 9.37 Å². The van der Waals surface area contributed by atoms with Gasteiger partial charge < -0.3 is 9.84 Å². The first-order valence-corrected chi connectivity index (χ1v) is 11.4. The lowest BCUT2D eigenvalue weighted by molar-refractivity contribution is -0.132. The van der Waals surface area contributed by atoms with Gasteiger partial charge in [-0.3, -0.25) is 14.5 Å². The maximum Gasteiger partial charge on any atom is 0.301 e. The van der Waals surface area contributed by atoms with Gasteiger partial charge in [0.25, 0.3) is 5.78 Å². The number of hydrogen-bond acceptors (Lipinski definition) is 6. The second-order valence-electron chi connectivity index (χ2n) is 7.65. The fraction of sp³-hybridized carbons (Fsp3) is 0.115. The van der Waals surface area contributed by atoms with Gasteiger partial charge in [-0.1, -0.05) is 41.7 Å². The zero-order chi connectivity index (χ0) is 23.8. The minimum atomic E-state index is -0.891. The van der Waals surface area contributed by atoms with Gasteiger partial charge in [-0.05, 0) is 55.0 Å². The summed E-state index contributed by atoms with van der Waals surface area (Å²) in [6.07, 6.45) is 0. The van der Waals surface area contributed by atoms with Crippen LogP contribution in [0.15, 0.2) is 78.4 Å². The van der Waals surface area contributed by atoms with Crippen LogP contribution in [0.25, 0.3) is 16.0 Å². The highest BCUT2D eigenvalue weighted by Gasteiger charge is 2.48. The molecule has 1 amide bonds. The number of fused-ring (bicyclic) bond motifs is 1. The van der Waals surface area contributed by atoms with E-state index in [4.69, 9.17) is 4.74 Å². The number of nitrogens with zero attached hydrogens (tertiary/aromatic N) is 2. The summed E-state index contributed by atoms with van der Waals surface area (Å²) < 4.78 is 19.7. The van der Waals surface area contributed by atoms with Crippen LogP contribution >= 0.6 is 11.3 Å². The fourth-order valence-electron chi connectivity index (χ4n) is 4.00. The number of halogens is 1. The Morgan fingerprint density at radius 2 is 1.82 bits per heavy atom. The summed E-state index contributed by atoms with van der Waals surface area (Å²) in [6.45, 7) is 2.36. The van der Waals surface area contributed by atoms with E-state index in [0.29, 0.717) is 33.7 Å². The molecule has 0 saturated carbocycles. The standard InChI is InChI=1S/C26H19FN2O4S/c1-2-33-18-11-8-16(9-12-18)23(30)21-22(15-6-4-3-5-7-15)29(25(32)24(21)31)26-28-19-13-10-17(27)14-20(19)34-26/h3-14,22,30H,2H2,1H3/b23-21+/t22-/m0/s1. The highest BCUT2D eigenvalue weighted by molar-refractivity contribution is 7.22. The number of ketones is 1. The first kappa shape index (κ1) is 21.8. The van der Waals surface area contributed by atoms with Crippen LogP contribution < -0.4 is 9.64 Å². The van der Waals surface area contributed by atoms with E-state index in [9.17, 15) is 19.1 Å². The van der Waals surface area contributed by atoms with Crippen LogP contribution in [0.4, 0.5) is 9.52 Å². The average Bonchev–Trinajstić information content (AvgIpc) is 3.37. The Morgan fingerprint density at radius 3 is 2.53 bits per heavy atom. The highest BCUT2D eigenvalue weighted by Crippen LogP contribution is 2.44. The number of aromatic nitrogens is 1. The Labute approximate surface area is 198 Å². The molecule has 8 heteroatoms. The zero-order valence-electron chi connectivity index (χ0n) is 18.1. The summed E-state index contributed by atoms with van der Waals surface area (Å²) in [5.74, 6) is -1.70. The fourth-order valence-corrected chi connectivity index (χ4v) is 5.02. The van der Waals surface area contributed by atoms with Crippen molar-refractivity contribution in [1.82, 2.24) is 4.98 Å². The number of thiazole rings is 1. The summed E-state index contributed by atoms with van der Waals surface area (Å²) in [4.78, 5) is 32.2. The summed E-state index contributed by atoms with van der Waals surface area (Å²) in [5, 5.41) is 11.4. The van der Waals surface area contributed by atoms with Crippen molar-refractivity contribution < 1.29 is 23.8 Å². The molecule has 3 aromatic carbocycles. The van der Waals surface area contributed by atoms with Gasteiger partial charge in [0, 0.05) is 5.56 Å². The first-order chi connectivity index (χ1) is 16.5. The molecule has 0 aliphatic carbocycles. The van der Waals surface area contributed by atoms with Gasteiger partial charge in [0.05, 0.1) is 28.4 Å². The molecule has 170 valence electrons. The van der Waals surface area contributed by atoms with E-state index >= 15 is 0 Å². The average molecular weight is 475 g/mol. The minimum Gasteiger partial charge on any atom is -0.507 e. The lowest BCUT2D eigenvalue weighted by Gasteiger charge is -2.22. The number of carbonyl (C=O) groups excluding carboxylic acids is 2. The third-order valence-electron chi connectivity index (χ3n) is 5.54. The summed E-state index contributed by atoms with van der Waals surface area (Å²) in [7, 11) is 0. The molecule has 1 saturated heterocycles. The Balaban J connectivity index is 1.67. The number of hydrogen-bond donors (Lipinski definition) is 1. The molecule has 1 N–H and O–H groups in total. The van der Waals surface area contributed by atoms with Crippen LogP contribution in [0.5, 0.6) is 5.75 Å². The largest absolute Gasteiger partial charge is 0.507 e. The molecular formula is C26H19FN2O4S. The Hall–Kier alpha value is -4.04. The van der Waals surface area contributed by atoms with E-state index < -0.39 is 23.5 Å². The third-order valence-corrected chi connectivity index (χ3v) is 6.56. The third kappa shape index (κ3) is 3.72. The SMILES string of the molecule is CCOc1ccc(/C(O)=C2\C(=O)C(=O)N(c3nc4ccc(F)cc4s3)[C@H]2c2ccccc2)cc1. The lowest BCUT2D eigenvalue weighted by Crippen LogP contribution is -2.29. The zero-order valence-corrected chi connectivity index (χ0v) is 18.9.